The van der Waals surface area contributed by atoms with E-state index in [1.807, 2.05) is 0 Å². The fraction of sp³-hybridized carbons (Fsp3) is 0.562. The van der Waals surface area contributed by atoms with Gasteiger partial charge in [-0.05, 0) is 37.1 Å². The zero-order valence-corrected chi connectivity index (χ0v) is 12.8. The van der Waals surface area contributed by atoms with Gasteiger partial charge in [0.2, 0.25) is 0 Å². The van der Waals surface area contributed by atoms with Crippen LogP contribution in [0.4, 0.5) is 14.9 Å². The second-order valence-corrected chi connectivity index (χ2v) is 5.94. The average Bonchev–Trinajstić information content (AvgIpc) is 3.38. The molecule has 3 rings (SSSR count). The van der Waals surface area contributed by atoms with Crippen molar-refractivity contribution >= 4 is 11.7 Å². The van der Waals surface area contributed by atoms with Crippen molar-refractivity contribution in [1.82, 2.24) is 10.2 Å². The minimum absolute atomic E-state index is 0.0416. The highest BCUT2D eigenvalue weighted by Gasteiger charge is 2.33. The van der Waals surface area contributed by atoms with Gasteiger partial charge in [0, 0.05) is 38.4 Å². The molecule has 1 aromatic carbocycles. The highest BCUT2D eigenvalue weighted by Crippen LogP contribution is 2.28. The minimum Gasteiger partial charge on any atom is -0.374 e. The monoisotopic (exact) mass is 307 g/mol. The molecule has 2 amide bonds. The van der Waals surface area contributed by atoms with E-state index in [0.29, 0.717) is 12.2 Å². The third-order valence-corrected chi connectivity index (χ3v) is 4.23. The van der Waals surface area contributed by atoms with Gasteiger partial charge >= 0.3 is 6.03 Å². The first kappa shape index (κ1) is 15.2. The number of rotatable bonds is 4. The number of carbonyl (C=O) groups is 1. The van der Waals surface area contributed by atoms with Crippen LogP contribution in [0.1, 0.15) is 12.8 Å². The van der Waals surface area contributed by atoms with E-state index in [1.165, 1.54) is 29.9 Å². The molecule has 0 spiro atoms. The van der Waals surface area contributed by atoms with Crippen molar-refractivity contribution in [1.29, 1.82) is 0 Å². The van der Waals surface area contributed by atoms with Crippen molar-refractivity contribution in [2.24, 2.45) is 0 Å². The molecule has 0 aromatic heterocycles. The minimum atomic E-state index is -0.312. The maximum absolute atomic E-state index is 12.9. The molecule has 0 radical (unpaired) electrons. The molecule has 2 aliphatic rings. The van der Waals surface area contributed by atoms with Gasteiger partial charge in [-0.3, -0.25) is 9.80 Å². The van der Waals surface area contributed by atoms with Crippen LogP contribution in [0.2, 0.25) is 0 Å². The fourth-order valence-electron chi connectivity index (χ4n) is 2.74. The number of nitrogens with one attached hydrogen (secondary N) is 1. The SMILES string of the molecule is CN(C(=O)NC[C@@H]1CN(C2CC2)CCO1)c1ccc(F)cc1. The molecule has 2 fully saturated rings. The van der Waals surface area contributed by atoms with Gasteiger partial charge in [0.1, 0.15) is 5.82 Å². The molecule has 1 saturated carbocycles. The summed E-state index contributed by atoms with van der Waals surface area (Å²) in [5.41, 5.74) is 0.656. The molecule has 0 unspecified atom stereocenters. The maximum Gasteiger partial charge on any atom is 0.321 e. The largest absolute Gasteiger partial charge is 0.374 e. The van der Waals surface area contributed by atoms with Crippen molar-refractivity contribution in [2.45, 2.75) is 25.0 Å². The first-order valence-electron chi connectivity index (χ1n) is 7.76. The Morgan fingerprint density at radius 1 is 1.41 bits per heavy atom. The smallest absolute Gasteiger partial charge is 0.321 e. The van der Waals surface area contributed by atoms with Crippen molar-refractivity contribution in [2.75, 3.05) is 38.2 Å². The first-order chi connectivity index (χ1) is 10.6. The van der Waals surface area contributed by atoms with Crippen LogP contribution < -0.4 is 10.2 Å². The number of hydrogen-bond acceptors (Lipinski definition) is 3. The first-order valence-corrected chi connectivity index (χ1v) is 7.76. The van der Waals surface area contributed by atoms with Gasteiger partial charge in [-0.15, -0.1) is 0 Å². The molecule has 1 aliphatic heterocycles. The standard InChI is InChI=1S/C16H22FN3O2/c1-19(13-4-2-12(17)3-5-13)16(21)18-10-15-11-20(8-9-22-15)14-6-7-14/h2-5,14-15H,6-11H2,1H3,(H,18,21)/t15-/m1/s1. The fourth-order valence-corrected chi connectivity index (χ4v) is 2.74. The molecule has 6 heteroatoms. The average molecular weight is 307 g/mol. The summed E-state index contributed by atoms with van der Waals surface area (Å²) in [7, 11) is 1.67. The van der Waals surface area contributed by atoms with Crippen LogP contribution >= 0.6 is 0 Å². The Morgan fingerprint density at radius 2 is 2.14 bits per heavy atom. The van der Waals surface area contributed by atoms with Gasteiger partial charge in [0.05, 0.1) is 12.7 Å². The van der Waals surface area contributed by atoms with Gasteiger partial charge in [-0.25, -0.2) is 9.18 Å². The van der Waals surface area contributed by atoms with E-state index in [-0.39, 0.29) is 18.0 Å². The van der Waals surface area contributed by atoms with Crippen molar-refractivity contribution < 1.29 is 13.9 Å². The Bertz CT molecular complexity index is 519. The number of nitrogens with zero attached hydrogens (tertiary/aromatic N) is 2. The van der Waals surface area contributed by atoms with Crippen LogP contribution in [0, 0.1) is 5.82 Å². The van der Waals surface area contributed by atoms with Gasteiger partial charge in [0.25, 0.3) is 0 Å². The Balaban J connectivity index is 1.47. The van der Waals surface area contributed by atoms with Crippen LogP contribution in [0.5, 0.6) is 0 Å². The molecule has 0 bridgehead atoms. The summed E-state index contributed by atoms with van der Waals surface area (Å²) >= 11 is 0. The van der Waals surface area contributed by atoms with E-state index in [0.717, 1.165) is 25.7 Å². The molecular formula is C16H22FN3O2. The number of carbonyl (C=O) groups excluding carboxylic acids is 1. The van der Waals surface area contributed by atoms with E-state index in [1.54, 1.807) is 19.2 Å². The number of anilines is 1. The topological polar surface area (TPSA) is 44.8 Å². The number of ether oxygens (including phenoxy) is 1. The normalized spacial score (nSPS) is 22.4. The highest BCUT2D eigenvalue weighted by atomic mass is 19.1. The Hall–Kier alpha value is -1.66. The number of urea groups is 1. The number of benzene rings is 1. The lowest BCUT2D eigenvalue weighted by Crippen LogP contribution is -2.49. The van der Waals surface area contributed by atoms with E-state index in [9.17, 15) is 9.18 Å². The van der Waals surface area contributed by atoms with E-state index >= 15 is 0 Å². The third kappa shape index (κ3) is 3.75. The lowest BCUT2D eigenvalue weighted by atomic mass is 10.2. The van der Waals surface area contributed by atoms with Crippen LogP contribution in [0.25, 0.3) is 0 Å². The molecule has 1 atom stereocenters. The summed E-state index contributed by atoms with van der Waals surface area (Å²) in [4.78, 5) is 16.1. The predicted molar refractivity (Wildman–Crippen MR) is 82.5 cm³/mol. The highest BCUT2D eigenvalue weighted by molar-refractivity contribution is 5.91. The molecular weight excluding hydrogens is 285 g/mol. The van der Waals surface area contributed by atoms with Crippen LogP contribution in [0.3, 0.4) is 0 Å². The van der Waals surface area contributed by atoms with Gasteiger partial charge in [0.15, 0.2) is 0 Å². The van der Waals surface area contributed by atoms with Crippen LogP contribution in [0.15, 0.2) is 24.3 Å². The number of halogens is 1. The second kappa shape index (κ2) is 6.62. The number of hydrogen-bond donors (Lipinski definition) is 1. The van der Waals surface area contributed by atoms with E-state index in [2.05, 4.69) is 10.2 Å². The molecule has 22 heavy (non-hydrogen) atoms. The Morgan fingerprint density at radius 3 is 2.82 bits per heavy atom. The van der Waals surface area contributed by atoms with Gasteiger partial charge in [-0.2, -0.15) is 0 Å². The van der Waals surface area contributed by atoms with Crippen molar-refractivity contribution in [3.05, 3.63) is 30.1 Å². The van der Waals surface area contributed by atoms with Crippen LogP contribution in [-0.2, 0) is 4.74 Å². The molecule has 5 nitrogen and oxygen atoms in total. The predicted octanol–water partition coefficient (Wildman–Crippen LogP) is 1.83. The molecule has 1 saturated heterocycles. The zero-order chi connectivity index (χ0) is 15.5. The third-order valence-electron chi connectivity index (χ3n) is 4.23. The summed E-state index contributed by atoms with van der Waals surface area (Å²) in [6.07, 6.45) is 2.61. The molecule has 120 valence electrons. The van der Waals surface area contributed by atoms with Crippen molar-refractivity contribution in [3.63, 3.8) is 0 Å². The molecule has 1 aliphatic carbocycles. The summed E-state index contributed by atoms with van der Waals surface area (Å²) in [5, 5.41) is 2.89. The molecule has 1 heterocycles. The van der Waals surface area contributed by atoms with Gasteiger partial charge in [-0.1, -0.05) is 0 Å². The Kier molecular flexibility index (Phi) is 4.59. The van der Waals surface area contributed by atoms with E-state index < -0.39 is 0 Å². The Labute approximate surface area is 130 Å². The van der Waals surface area contributed by atoms with Crippen LogP contribution in [-0.4, -0.2) is 56.4 Å². The number of amides is 2. The van der Waals surface area contributed by atoms with Gasteiger partial charge < -0.3 is 10.1 Å². The maximum atomic E-state index is 12.9. The lowest BCUT2D eigenvalue weighted by Gasteiger charge is -2.33. The van der Waals surface area contributed by atoms with E-state index in [4.69, 9.17) is 4.74 Å². The molecule has 1 N–H and O–H groups in total. The summed E-state index contributed by atoms with van der Waals surface area (Å²) in [5.74, 6) is -0.312. The summed E-state index contributed by atoms with van der Waals surface area (Å²) < 4.78 is 18.6. The lowest BCUT2D eigenvalue weighted by molar-refractivity contribution is -0.0287. The summed E-state index contributed by atoms with van der Waals surface area (Å²) in [6.45, 7) is 3.09. The zero-order valence-electron chi connectivity index (χ0n) is 12.8. The quantitative estimate of drug-likeness (QED) is 0.923. The molecule has 1 aromatic rings. The number of morpholine rings is 1. The van der Waals surface area contributed by atoms with Crippen molar-refractivity contribution in [3.8, 4) is 0 Å². The second-order valence-electron chi connectivity index (χ2n) is 5.94. The summed E-state index contributed by atoms with van der Waals surface area (Å²) in [6, 6.07) is 6.37.